The minimum absolute atomic E-state index is 0.143. The molecule has 1 aromatic rings. The van der Waals surface area contributed by atoms with Crippen molar-refractivity contribution in [1.82, 2.24) is 0 Å². The van der Waals surface area contributed by atoms with Crippen molar-refractivity contribution in [3.8, 4) is 0 Å². The van der Waals surface area contributed by atoms with Gasteiger partial charge in [0.2, 0.25) is 5.91 Å². The number of benzene rings is 1. The molecule has 0 aliphatic carbocycles. The smallest absolute Gasteiger partial charge is 0.245 e. The summed E-state index contributed by atoms with van der Waals surface area (Å²) < 4.78 is 6.55. The van der Waals surface area contributed by atoms with Gasteiger partial charge in [-0.1, -0.05) is 6.92 Å². The van der Waals surface area contributed by atoms with E-state index in [0.717, 1.165) is 40.9 Å². The van der Waals surface area contributed by atoms with Crippen molar-refractivity contribution in [3.63, 3.8) is 0 Å². The fourth-order valence-electron chi connectivity index (χ4n) is 3.10. The Hall–Kier alpha value is -1.11. The molecule has 0 spiro atoms. The SMILES string of the molecule is COC1CN(c2cc3c(cc2Br)C(N)C(=O)N3)CCC1C. The Morgan fingerprint density at radius 3 is 2.95 bits per heavy atom. The first-order valence-electron chi connectivity index (χ1n) is 7.19. The number of halogens is 1. The number of nitrogens with one attached hydrogen (secondary N) is 1. The molecule has 3 rings (SSSR count). The van der Waals surface area contributed by atoms with Gasteiger partial charge in [-0.05, 0) is 40.4 Å². The first-order valence-corrected chi connectivity index (χ1v) is 7.98. The maximum Gasteiger partial charge on any atom is 0.245 e. The summed E-state index contributed by atoms with van der Waals surface area (Å²) in [5, 5.41) is 2.85. The molecule has 2 aliphatic heterocycles. The van der Waals surface area contributed by atoms with Crippen LogP contribution < -0.4 is 16.0 Å². The van der Waals surface area contributed by atoms with Gasteiger partial charge in [0, 0.05) is 35.9 Å². The number of carbonyl (C=O) groups is 1. The molecule has 3 atom stereocenters. The van der Waals surface area contributed by atoms with E-state index in [1.165, 1.54) is 0 Å². The van der Waals surface area contributed by atoms with Gasteiger partial charge in [-0.25, -0.2) is 0 Å². The van der Waals surface area contributed by atoms with E-state index >= 15 is 0 Å². The predicted octanol–water partition coefficient (Wildman–Crippen LogP) is 2.26. The fraction of sp³-hybridized carbons (Fsp3) is 0.533. The lowest BCUT2D eigenvalue weighted by Gasteiger charge is -2.38. The van der Waals surface area contributed by atoms with E-state index in [-0.39, 0.29) is 12.0 Å². The Bertz CT molecular complexity index is 578. The lowest BCUT2D eigenvalue weighted by molar-refractivity contribution is -0.116. The number of carbonyl (C=O) groups excluding carboxylic acids is 1. The van der Waals surface area contributed by atoms with Gasteiger partial charge < -0.3 is 20.7 Å². The average Bonchev–Trinajstić information content (AvgIpc) is 2.74. The molecule has 1 aromatic carbocycles. The quantitative estimate of drug-likeness (QED) is 0.855. The third-order valence-corrected chi connectivity index (χ3v) is 5.16. The van der Waals surface area contributed by atoms with Crippen LogP contribution in [0.5, 0.6) is 0 Å². The second kappa shape index (κ2) is 5.59. The lowest BCUT2D eigenvalue weighted by Crippen LogP contribution is -2.44. The van der Waals surface area contributed by atoms with Crippen LogP contribution in [0.25, 0.3) is 0 Å². The zero-order valence-electron chi connectivity index (χ0n) is 12.2. The second-order valence-electron chi connectivity index (χ2n) is 5.84. The summed E-state index contributed by atoms with van der Waals surface area (Å²) in [6.07, 6.45) is 1.32. The Kier molecular flexibility index (Phi) is 3.94. The van der Waals surface area contributed by atoms with Crippen LogP contribution in [0.15, 0.2) is 16.6 Å². The Morgan fingerprint density at radius 1 is 1.48 bits per heavy atom. The zero-order chi connectivity index (χ0) is 15.1. The van der Waals surface area contributed by atoms with Gasteiger partial charge >= 0.3 is 0 Å². The highest BCUT2D eigenvalue weighted by atomic mass is 79.9. The van der Waals surface area contributed by atoms with Crippen molar-refractivity contribution >= 4 is 33.2 Å². The third kappa shape index (κ3) is 2.56. The van der Waals surface area contributed by atoms with Crippen LogP contribution in [0.1, 0.15) is 24.9 Å². The highest BCUT2D eigenvalue weighted by Gasteiger charge is 2.31. The number of amides is 1. The van der Waals surface area contributed by atoms with E-state index in [9.17, 15) is 4.79 Å². The molecule has 0 bridgehead atoms. The first kappa shape index (κ1) is 14.8. The maximum absolute atomic E-state index is 11.7. The van der Waals surface area contributed by atoms with Gasteiger partial charge in [0.15, 0.2) is 0 Å². The molecular weight excluding hydrogens is 334 g/mol. The van der Waals surface area contributed by atoms with Crippen LogP contribution in [0.4, 0.5) is 11.4 Å². The zero-order valence-corrected chi connectivity index (χ0v) is 13.8. The predicted molar refractivity (Wildman–Crippen MR) is 86.5 cm³/mol. The number of methoxy groups -OCH3 is 1. The molecule has 3 N–H and O–H groups in total. The van der Waals surface area contributed by atoms with Crippen LogP contribution in [-0.4, -0.2) is 32.2 Å². The van der Waals surface area contributed by atoms with Gasteiger partial charge in [-0.3, -0.25) is 4.79 Å². The number of nitrogens with zero attached hydrogens (tertiary/aromatic N) is 1. The normalized spacial score (nSPS) is 28.5. The Balaban J connectivity index is 1.90. The van der Waals surface area contributed by atoms with E-state index in [1.54, 1.807) is 7.11 Å². The monoisotopic (exact) mass is 353 g/mol. The van der Waals surface area contributed by atoms with E-state index in [2.05, 4.69) is 33.1 Å². The van der Waals surface area contributed by atoms with E-state index in [1.807, 2.05) is 12.1 Å². The molecule has 0 aromatic heterocycles. The largest absolute Gasteiger partial charge is 0.379 e. The number of fused-ring (bicyclic) bond motifs is 1. The minimum atomic E-state index is -0.571. The van der Waals surface area contributed by atoms with Crippen molar-refractivity contribution < 1.29 is 9.53 Å². The Morgan fingerprint density at radius 2 is 2.24 bits per heavy atom. The topological polar surface area (TPSA) is 67.6 Å². The van der Waals surface area contributed by atoms with Gasteiger partial charge in [0.05, 0.1) is 11.8 Å². The summed E-state index contributed by atoms with van der Waals surface area (Å²) in [7, 11) is 1.77. The molecule has 3 unspecified atom stereocenters. The maximum atomic E-state index is 11.7. The van der Waals surface area contributed by atoms with Crippen LogP contribution in [0, 0.1) is 5.92 Å². The molecule has 2 heterocycles. The number of anilines is 2. The van der Waals surface area contributed by atoms with Crippen LogP contribution in [-0.2, 0) is 9.53 Å². The summed E-state index contributed by atoms with van der Waals surface area (Å²) in [5.41, 5.74) is 8.63. The van der Waals surface area contributed by atoms with E-state index in [4.69, 9.17) is 10.5 Å². The highest BCUT2D eigenvalue weighted by molar-refractivity contribution is 9.10. The van der Waals surface area contributed by atoms with Gasteiger partial charge in [0.25, 0.3) is 0 Å². The molecule has 0 radical (unpaired) electrons. The summed E-state index contributed by atoms with van der Waals surface area (Å²) in [6.45, 7) is 4.07. The van der Waals surface area contributed by atoms with Crippen molar-refractivity contribution in [2.75, 3.05) is 30.4 Å². The minimum Gasteiger partial charge on any atom is -0.379 e. The number of piperidine rings is 1. The van der Waals surface area contributed by atoms with Crippen LogP contribution in [0.3, 0.4) is 0 Å². The first-order chi connectivity index (χ1) is 10.0. The number of hydrogen-bond acceptors (Lipinski definition) is 4. The second-order valence-corrected chi connectivity index (χ2v) is 6.70. The Labute approximate surface area is 132 Å². The van der Waals surface area contributed by atoms with Crippen LogP contribution in [0.2, 0.25) is 0 Å². The number of hydrogen-bond donors (Lipinski definition) is 2. The van der Waals surface area contributed by atoms with Gasteiger partial charge in [-0.15, -0.1) is 0 Å². The van der Waals surface area contributed by atoms with Crippen molar-refractivity contribution in [3.05, 3.63) is 22.2 Å². The van der Waals surface area contributed by atoms with Crippen molar-refractivity contribution in [2.45, 2.75) is 25.5 Å². The summed E-state index contributed by atoms with van der Waals surface area (Å²) in [6, 6.07) is 3.39. The van der Waals surface area contributed by atoms with Crippen molar-refractivity contribution in [2.24, 2.45) is 11.7 Å². The number of nitrogens with two attached hydrogens (primary N) is 1. The van der Waals surface area contributed by atoms with Crippen LogP contribution >= 0.6 is 15.9 Å². The standard InChI is InChI=1S/C15H20BrN3O2/c1-8-3-4-19(7-13(8)21-2)12-6-11-9(5-10(12)16)14(17)15(20)18-11/h5-6,8,13-14H,3-4,7,17H2,1-2H3,(H,18,20). The molecule has 114 valence electrons. The summed E-state index contributed by atoms with van der Waals surface area (Å²) >= 11 is 3.61. The highest BCUT2D eigenvalue weighted by Crippen LogP contribution is 2.39. The van der Waals surface area contributed by atoms with E-state index in [0.29, 0.717) is 5.92 Å². The number of ether oxygens (including phenoxy) is 1. The third-order valence-electron chi connectivity index (χ3n) is 4.53. The van der Waals surface area contributed by atoms with E-state index < -0.39 is 6.04 Å². The lowest BCUT2D eigenvalue weighted by atomic mass is 9.95. The summed E-state index contributed by atoms with van der Waals surface area (Å²) in [4.78, 5) is 14.0. The fourth-order valence-corrected chi connectivity index (χ4v) is 3.71. The molecule has 6 heteroatoms. The molecule has 21 heavy (non-hydrogen) atoms. The molecule has 1 saturated heterocycles. The van der Waals surface area contributed by atoms with Gasteiger partial charge in [-0.2, -0.15) is 0 Å². The molecule has 5 nitrogen and oxygen atoms in total. The van der Waals surface area contributed by atoms with Gasteiger partial charge in [0.1, 0.15) is 6.04 Å². The summed E-state index contributed by atoms with van der Waals surface area (Å²) in [5.74, 6) is 0.420. The molecular formula is C15H20BrN3O2. The molecule has 2 aliphatic rings. The number of rotatable bonds is 2. The van der Waals surface area contributed by atoms with Crippen molar-refractivity contribution in [1.29, 1.82) is 0 Å². The molecule has 1 fully saturated rings. The average molecular weight is 354 g/mol. The molecule has 1 amide bonds. The molecule has 0 saturated carbocycles.